The van der Waals surface area contributed by atoms with Gasteiger partial charge >= 0.3 is 6.18 Å². The van der Waals surface area contributed by atoms with Gasteiger partial charge in [0.1, 0.15) is 11.6 Å². The molecule has 0 saturated heterocycles. The standard InChI is InChI=1S/C18H12ClF3N2O2S/c19-13-5-15-14(25-8-26-15)4-9(13)7-27-17-12(6-23)10-2-1-3-11(10)16(24-17)18(20,21)22/h4-5H,1-3,7-8H2/p+1. The van der Waals surface area contributed by atoms with Gasteiger partial charge in [-0.3, -0.25) is 0 Å². The molecule has 1 aliphatic heterocycles. The van der Waals surface area contributed by atoms with Crippen LogP contribution in [0.2, 0.25) is 5.02 Å². The van der Waals surface area contributed by atoms with Gasteiger partial charge in [0.25, 0.3) is 10.7 Å². The average Bonchev–Trinajstić information content (AvgIpc) is 3.26. The summed E-state index contributed by atoms with van der Waals surface area (Å²) in [6, 6.07) is 5.40. The minimum Gasteiger partial charge on any atom is -0.454 e. The highest BCUT2D eigenvalue weighted by Gasteiger charge is 2.44. The van der Waals surface area contributed by atoms with E-state index in [-0.39, 0.29) is 28.7 Å². The molecular weight excluding hydrogens is 401 g/mol. The van der Waals surface area contributed by atoms with Crippen molar-refractivity contribution >= 4 is 23.4 Å². The molecule has 0 bridgehead atoms. The molecule has 0 atom stereocenters. The molecule has 140 valence electrons. The molecule has 0 saturated carbocycles. The molecule has 0 spiro atoms. The van der Waals surface area contributed by atoms with E-state index in [1.165, 1.54) is 0 Å². The van der Waals surface area contributed by atoms with E-state index in [9.17, 15) is 18.4 Å². The molecule has 4 nitrogen and oxygen atoms in total. The lowest BCUT2D eigenvalue weighted by Crippen LogP contribution is -2.27. The van der Waals surface area contributed by atoms with Crippen LogP contribution in [0.5, 0.6) is 11.5 Å². The van der Waals surface area contributed by atoms with E-state index in [2.05, 4.69) is 11.1 Å². The van der Waals surface area contributed by atoms with E-state index in [0.29, 0.717) is 46.9 Å². The molecule has 1 aromatic carbocycles. The van der Waals surface area contributed by atoms with Crippen LogP contribution >= 0.6 is 23.4 Å². The zero-order chi connectivity index (χ0) is 19.2. The number of alkyl halides is 3. The Morgan fingerprint density at radius 1 is 1.19 bits per heavy atom. The summed E-state index contributed by atoms with van der Waals surface area (Å²) in [6.07, 6.45) is -3.07. The molecule has 1 aromatic heterocycles. The topological polar surface area (TPSA) is 56.4 Å². The third kappa shape index (κ3) is 3.30. The van der Waals surface area contributed by atoms with E-state index >= 15 is 0 Å². The largest absolute Gasteiger partial charge is 0.477 e. The maximum atomic E-state index is 13.5. The van der Waals surface area contributed by atoms with Crippen LogP contribution in [0.25, 0.3) is 0 Å². The lowest BCUT2D eigenvalue weighted by atomic mass is 10.0. The van der Waals surface area contributed by atoms with Gasteiger partial charge in [-0.15, -0.1) is 0 Å². The number of halogens is 4. The third-order valence-corrected chi connectivity index (χ3v) is 6.00. The van der Waals surface area contributed by atoms with Crippen molar-refractivity contribution in [2.45, 2.75) is 36.2 Å². The second-order valence-corrected chi connectivity index (χ2v) is 7.60. The lowest BCUT2D eigenvalue weighted by Gasteiger charge is -2.10. The first kappa shape index (κ1) is 18.3. The van der Waals surface area contributed by atoms with Gasteiger partial charge in [0.05, 0.1) is 0 Å². The number of benzene rings is 1. The van der Waals surface area contributed by atoms with Gasteiger partial charge in [0.2, 0.25) is 6.79 Å². The second kappa shape index (κ2) is 6.80. The van der Waals surface area contributed by atoms with Crippen LogP contribution in [0.15, 0.2) is 17.2 Å². The summed E-state index contributed by atoms with van der Waals surface area (Å²) >= 11 is 7.36. The Hall–Kier alpha value is -2.11. The van der Waals surface area contributed by atoms with Crippen LogP contribution < -0.4 is 14.5 Å². The number of fused-ring (bicyclic) bond motifs is 2. The molecule has 2 aliphatic rings. The molecule has 1 aliphatic carbocycles. The highest BCUT2D eigenvalue weighted by atomic mass is 35.5. The van der Waals surface area contributed by atoms with Crippen LogP contribution in [0, 0.1) is 11.3 Å². The quantitative estimate of drug-likeness (QED) is 0.692. The van der Waals surface area contributed by atoms with Crippen molar-refractivity contribution in [1.29, 1.82) is 5.26 Å². The van der Waals surface area contributed by atoms with E-state index in [1.807, 2.05) is 0 Å². The Kier molecular flexibility index (Phi) is 4.60. The summed E-state index contributed by atoms with van der Waals surface area (Å²) in [7, 11) is 0. The van der Waals surface area contributed by atoms with Gasteiger partial charge in [0, 0.05) is 22.4 Å². The summed E-state index contributed by atoms with van der Waals surface area (Å²) in [5.74, 6) is 1.37. The van der Waals surface area contributed by atoms with Crippen LogP contribution in [0.4, 0.5) is 13.2 Å². The molecular formula is C18H13ClF3N2O2S+. The zero-order valence-corrected chi connectivity index (χ0v) is 15.4. The minimum absolute atomic E-state index is 0.106. The Morgan fingerprint density at radius 3 is 2.59 bits per heavy atom. The van der Waals surface area contributed by atoms with E-state index in [0.717, 1.165) is 11.8 Å². The molecule has 2 aromatic rings. The van der Waals surface area contributed by atoms with Crippen molar-refractivity contribution in [3.05, 3.63) is 45.1 Å². The first-order chi connectivity index (χ1) is 12.9. The van der Waals surface area contributed by atoms with Gasteiger partial charge in [-0.2, -0.15) is 23.4 Å². The number of aromatic amines is 1. The molecule has 27 heavy (non-hydrogen) atoms. The first-order valence-electron chi connectivity index (χ1n) is 8.17. The number of ether oxygens (including phenoxy) is 2. The summed E-state index contributed by atoms with van der Waals surface area (Å²) in [5, 5.41) is 10.2. The zero-order valence-electron chi connectivity index (χ0n) is 13.9. The normalized spacial score (nSPS) is 14.9. The second-order valence-electron chi connectivity index (χ2n) is 6.21. The van der Waals surface area contributed by atoms with Crippen molar-refractivity contribution in [2.75, 3.05) is 6.79 Å². The van der Waals surface area contributed by atoms with Gasteiger partial charge in [-0.05, 0) is 36.5 Å². The molecule has 0 radical (unpaired) electrons. The number of nitriles is 1. The SMILES string of the molecule is N#Cc1c(SCc2cc3c(cc2Cl)OCO3)[nH+]c(C(F)(F)F)c2c1CCC2. The Bertz CT molecular complexity index is 973. The van der Waals surface area contributed by atoms with Crippen LogP contribution in [0.3, 0.4) is 0 Å². The molecule has 0 fully saturated rings. The summed E-state index contributed by atoms with van der Waals surface area (Å²) < 4.78 is 50.9. The van der Waals surface area contributed by atoms with E-state index in [4.69, 9.17) is 21.1 Å². The van der Waals surface area contributed by atoms with Gasteiger partial charge in [0.15, 0.2) is 11.5 Å². The van der Waals surface area contributed by atoms with Crippen molar-refractivity contribution in [3.63, 3.8) is 0 Å². The number of rotatable bonds is 3. The third-order valence-electron chi connectivity index (χ3n) is 4.60. The number of hydrogen-bond acceptors (Lipinski definition) is 4. The number of H-pyrrole nitrogens is 1. The molecule has 0 unspecified atom stereocenters. The van der Waals surface area contributed by atoms with Crippen molar-refractivity contribution in [1.82, 2.24) is 0 Å². The van der Waals surface area contributed by atoms with E-state index < -0.39 is 11.9 Å². The summed E-state index contributed by atoms with van der Waals surface area (Å²) in [5.41, 5.74) is 0.940. The van der Waals surface area contributed by atoms with Gasteiger partial charge < -0.3 is 9.47 Å². The number of thioether (sulfide) groups is 1. The molecule has 9 heteroatoms. The maximum Gasteiger partial charge on any atom is 0.477 e. The monoisotopic (exact) mass is 413 g/mol. The van der Waals surface area contributed by atoms with Gasteiger partial charge in [-0.1, -0.05) is 23.4 Å². The summed E-state index contributed by atoms with van der Waals surface area (Å²) in [4.78, 5) is 2.46. The van der Waals surface area contributed by atoms with Crippen LogP contribution in [-0.4, -0.2) is 6.79 Å². The molecule has 4 rings (SSSR count). The number of nitrogens with zero attached hydrogens (tertiary/aromatic N) is 1. The predicted octanol–water partition coefficient (Wildman–Crippen LogP) is 4.55. The Balaban J connectivity index is 1.70. The fourth-order valence-electron chi connectivity index (χ4n) is 3.37. The predicted molar refractivity (Wildman–Crippen MR) is 91.9 cm³/mol. The smallest absolute Gasteiger partial charge is 0.454 e. The van der Waals surface area contributed by atoms with Crippen molar-refractivity contribution < 1.29 is 27.6 Å². The minimum atomic E-state index is -4.49. The number of hydrogen-bond donors (Lipinski definition) is 0. The summed E-state index contributed by atoms with van der Waals surface area (Å²) in [6.45, 7) is 0.106. The number of pyridine rings is 1. The van der Waals surface area contributed by atoms with Crippen LogP contribution in [-0.2, 0) is 24.8 Å². The average molecular weight is 414 g/mol. The van der Waals surface area contributed by atoms with Crippen molar-refractivity contribution in [2.24, 2.45) is 0 Å². The number of aromatic nitrogens is 1. The molecule has 1 N–H and O–H groups in total. The molecule has 0 amide bonds. The Morgan fingerprint density at radius 2 is 1.89 bits per heavy atom. The Labute approximate surface area is 162 Å². The number of nitrogens with one attached hydrogen (secondary N) is 1. The molecule has 2 heterocycles. The van der Waals surface area contributed by atoms with E-state index in [1.54, 1.807) is 12.1 Å². The first-order valence-corrected chi connectivity index (χ1v) is 9.54. The maximum absolute atomic E-state index is 13.5. The van der Waals surface area contributed by atoms with Gasteiger partial charge in [-0.25, -0.2) is 0 Å². The fraction of sp³-hybridized carbons (Fsp3) is 0.333. The highest BCUT2D eigenvalue weighted by molar-refractivity contribution is 7.98. The lowest BCUT2D eigenvalue weighted by molar-refractivity contribution is -0.467. The van der Waals surface area contributed by atoms with Crippen LogP contribution in [0.1, 0.15) is 34.4 Å². The van der Waals surface area contributed by atoms with Crippen molar-refractivity contribution in [3.8, 4) is 17.6 Å². The fourth-order valence-corrected chi connectivity index (χ4v) is 4.70. The highest BCUT2D eigenvalue weighted by Crippen LogP contribution is 2.41.